The van der Waals surface area contributed by atoms with Crippen LogP contribution in [0.3, 0.4) is 0 Å². The number of rotatable bonds is 1. The number of allylic oxidation sites excluding steroid dienone is 8. The first-order valence-electron chi connectivity index (χ1n) is 6.15. The molecule has 0 heteroatoms. The van der Waals surface area contributed by atoms with Crippen molar-refractivity contribution >= 4 is 0 Å². The summed E-state index contributed by atoms with van der Waals surface area (Å²) in [4.78, 5) is 0. The van der Waals surface area contributed by atoms with Gasteiger partial charge >= 0.3 is 0 Å². The first-order chi connectivity index (χ1) is 7.68. The van der Waals surface area contributed by atoms with Crippen molar-refractivity contribution in [3.8, 4) is 0 Å². The zero-order chi connectivity index (χ0) is 11.3. The normalized spacial score (nSPS) is 33.8. The van der Waals surface area contributed by atoms with Crippen LogP contribution in [0.4, 0.5) is 0 Å². The molecule has 2 atom stereocenters. The third-order valence-corrected chi connectivity index (χ3v) is 3.91. The van der Waals surface area contributed by atoms with Crippen molar-refractivity contribution in [1.29, 1.82) is 0 Å². The highest BCUT2D eigenvalue weighted by atomic mass is 14.5. The maximum absolute atomic E-state index is 4.31. The van der Waals surface area contributed by atoms with Crippen molar-refractivity contribution in [2.75, 3.05) is 0 Å². The summed E-state index contributed by atoms with van der Waals surface area (Å²) in [5.41, 5.74) is 7.01. The van der Waals surface area contributed by atoms with Crippen LogP contribution < -0.4 is 0 Å². The van der Waals surface area contributed by atoms with Gasteiger partial charge in [0.15, 0.2) is 0 Å². The molecule has 0 amide bonds. The van der Waals surface area contributed by atoms with E-state index in [2.05, 4.69) is 38.3 Å². The molecule has 16 heavy (non-hydrogen) atoms. The van der Waals surface area contributed by atoms with Crippen molar-refractivity contribution in [3.05, 3.63) is 59.3 Å². The summed E-state index contributed by atoms with van der Waals surface area (Å²) in [7, 11) is 0. The van der Waals surface area contributed by atoms with Crippen molar-refractivity contribution in [1.82, 2.24) is 0 Å². The van der Waals surface area contributed by atoms with Crippen LogP contribution in [0.15, 0.2) is 59.3 Å². The Labute approximate surface area is 97.7 Å². The van der Waals surface area contributed by atoms with Gasteiger partial charge in [-0.1, -0.05) is 37.0 Å². The molecule has 3 aliphatic rings. The summed E-state index contributed by atoms with van der Waals surface area (Å²) in [5.74, 6) is 1.54. The predicted molar refractivity (Wildman–Crippen MR) is 69.0 cm³/mol. The molecule has 1 fully saturated rings. The second kappa shape index (κ2) is 3.35. The smallest absolute Gasteiger partial charge is 0.00808 e. The van der Waals surface area contributed by atoms with Crippen LogP contribution in [0, 0.1) is 11.8 Å². The molecule has 3 rings (SSSR count). The van der Waals surface area contributed by atoms with E-state index in [0.29, 0.717) is 0 Å². The van der Waals surface area contributed by atoms with Crippen LogP contribution in [-0.4, -0.2) is 0 Å². The minimum atomic E-state index is 0.741. The molecule has 0 aromatic carbocycles. The minimum Gasteiger partial charge on any atom is -0.0961 e. The van der Waals surface area contributed by atoms with Gasteiger partial charge in [-0.05, 0) is 60.3 Å². The van der Waals surface area contributed by atoms with E-state index in [0.717, 1.165) is 17.4 Å². The Kier molecular flexibility index (Phi) is 2.07. The van der Waals surface area contributed by atoms with Gasteiger partial charge in [0.05, 0.1) is 0 Å². The van der Waals surface area contributed by atoms with Crippen LogP contribution in [0.2, 0.25) is 0 Å². The Hall–Kier alpha value is -1.30. The second-order valence-corrected chi connectivity index (χ2v) is 5.25. The van der Waals surface area contributed by atoms with Crippen molar-refractivity contribution in [3.63, 3.8) is 0 Å². The van der Waals surface area contributed by atoms with E-state index in [-0.39, 0.29) is 0 Å². The molecule has 0 aliphatic heterocycles. The topological polar surface area (TPSA) is 0 Å². The molecule has 3 aliphatic carbocycles. The number of fused-ring (bicyclic) bond motifs is 2. The van der Waals surface area contributed by atoms with E-state index in [1.807, 2.05) is 0 Å². The Morgan fingerprint density at radius 2 is 2.25 bits per heavy atom. The summed E-state index contributed by atoms with van der Waals surface area (Å²) in [6, 6.07) is 0. The lowest BCUT2D eigenvalue weighted by Crippen LogP contribution is -2.09. The minimum absolute atomic E-state index is 0.741. The maximum Gasteiger partial charge on any atom is -0.00808 e. The van der Waals surface area contributed by atoms with Crippen LogP contribution in [0.5, 0.6) is 0 Å². The molecule has 0 saturated heterocycles. The lowest BCUT2D eigenvalue weighted by Gasteiger charge is -2.25. The molecular formula is C16H18. The molecule has 0 radical (unpaired) electrons. The van der Waals surface area contributed by atoms with Crippen molar-refractivity contribution < 1.29 is 0 Å². The third-order valence-electron chi connectivity index (χ3n) is 3.91. The van der Waals surface area contributed by atoms with E-state index in [1.165, 1.54) is 36.0 Å². The molecule has 0 aromatic heterocycles. The Morgan fingerprint density at radius 3 is 3.00 bits per heavy atom. The SMILES string of the molecule is C=C(C)/C=C1\C(=C)C2=C(C=CCC2)C2CC12. The fraction of sp³-hybridized carbons (Fsp3) is 0.375. The first kappa shape index (κ1) is 9.89. The maximum atomic E-state index is 4.31. The van der Waals surface area contributed by atoms with E-state index in [4.69, 9.17) is 0 Å². The Bertz CT molecular complexity index is 468. The number of hydrogen-bond donors (Lipinski definition) is 0. The van der Waals surface area contributed by atoms with Crippen LogP contribution in [0.1, 0.15) is 26.2 Å². The first-order valence-corrected chi connectivity index (χ1v) is 6.15. The Morgan fingerprint density at radius 1 is 1.44 bits per heavy atom. The van der Waals surface area contributed by atoms with E-state index >= 15 is 0 Å². The highest BCUT2D eigenvalue weighted by Crippen LogP contribution is 2.58. The summed E-state index contributed by atoms with van der Waals surface area (Å²) < 4.78 is 0. The van der Waals surface area contributed by atoms with Gasteiger partial charge < -0.3 is 0 Å². The zero-order valence-electron chi connectivity index (χ0n) is 9.92. The molecule has 0 bridgehead atoms. The van der Waals surface area contributed by atoms with Crippen LogP contribution in [-0.2, 0) is 0 Å². The van der Waals surface area contributed by atoms with Gasteiger partial charge in [-0.3, -0.25) is 0 Å². The predicted octanol–water partition coefficient (Wildman–Crippen LogP) is 4.34. The molecule has 2 unspecified atom stereocenters. The second-order valence-electron chi connectivity index (χ2n) is 5.25. The average molecular weight is 210 g/mol. The number of hydrogen-bond acceptors (Lipinski definition) is 0. The lowest BCUT2D eigenvalue weighted by atomic mass is 9.79. The quantitative estimate of drug-likeness (QED) is 0.604. The fourth-order valence-electron chi connectivity index (χ4n) is 3.10. The van der Waals surface area contributed by atoms with Gasteiger partial charge in [-0.25, -0.2) is 0 Å². The fourth-order valence-corrected chi connectivity index (χ4v) is 3.10. The van der Waals surface area contributed by atoms with Crippen LogP contribution >= 0.6 is 0 Å². The molecule has 0 spiro atoms. The van der Waals surface area contributed by atoms with Crippen molar-refractivity contribution in [2.24, 2.45) is 11.8 Å². The van der Waals surface area contributed by atoms with Crippen molar-refractivity contribution in [2.45, 2.75) is 26.2 Å². The molecule has 0 N–H and O–H groups in total. The molecule has 0 heterocycles. The molecule has 0 aromatic rings. The highest BCUT2D eigenvalue weighted by Gasteiger charge is 2.47. The highest BCUT2D eigenvalue weighted by molar-refractivity contribution is 5.61. The monoisotopic (exact) mass is 210 g/mol. The summed E-state index contributed by atoms with van der Waals surface area (Å²) in [6.07, 6.45) is 10.6. The third kappa shape index (κ3) is 1.36. The van der Waals surface area contributed by atoms with Gasteiger partial charge in [0.25, 0.3) is 0 Å². The molecule has 82 valence electrons. The summed E-state index contributed by atoms with van der Waals surface area (Å²) in [5, 5.41) is 0. The average Bonchev–Trinajstić information content (AvgIpc) is 3.04. The van der Waals surface area contributed by atoms with E-state index in [1.54, 1.807) is 5.57 Å². The van der Waals surface area contributed by atoms with Gasteiger partial charge in [-0.15, -0.1) is 0 Å². The zero-order valence-corrected chi connectivity index (χ0v) is 9.92. The van der Waals surface area contributed by atoms with Gasteiger partial charge in [0, 0.05) is 0 Å². The summed E-state index contributed by atoms with van der Waals surface area (Å²) >= 11 is 0. The van der Waals surface area contributed by atoms with E-state index < -0.39 is 0 Å². The summed E-state index contributed by atoms with van der Waals surface area (Å²) in [6.45, 7) is 10.4. The molecule has 0 nitrogen and oxygen atoms in total. The largest absolute Gasteiger partial charge is 0.0961 e. The van der Waals surface area contributed by atoms with Gasteiger partial charge in [-0.2, -0.15) is 0 Å². The van der Waals surface area contributed by atoms with Crippen LogP contribution in [0.25, 0.3) is 0 Å². The van der Waals surface area contributed by atoms with Gasteiger partial charge in [0.1, 0.15) is 0 Å². The molecule has 1 saturated carbocycles. The Balaban J connectivity index is 2.06. The standard InChI is InChI=1S/C16H18/c1-10(2)8-14-11(3)12-6-4-5-7-13(12)15-9-16(14)15/h5,7-8,15-16H,1,3-4,6,9H2,2H3/b14-8+. The molecular weight excluding hydrogens is 192 g/mol. The van der Waals surface area contributed by atoms with Gasteiger partial charge in [0.2, 0.25) is 0 Å². The lowest BCUT2D eigenvalue weighted by molar-refractivity contribution is 0.810. The van der Waals surface area contributed by atoms with E-state index in [9.17, 15) is 0 Å².